The van der Waals surface area contributed by atoms with Crippen molar-refractivity contribution >= 4 is 11.9 Å². The Morgan fingerprint density at radius 2 is 1.95 bits per heavy atom. The molecule has 1 fully saturated rings. The van der Waals surface area contributed by atoms with Crippen LogP contribution in [0.25, 0.3) is 0 Å². The molecule has 0 bridgehead atoms. The van der Waals surface area contributed by atoms with Gasteiger partial charge in [0, 0.05) is 5.92 Å². The largest absolute Gasteiger partial charge is 0.480 e. The number of aliphatic hydroxyl groups is 1. The molecule has 0 aliphatic heterocycles. The van der Waals surface area contributed by atoms with Crippen LogP contribution in [0.15, 0.2) is 0 Å². The van der Waals surface area contributed by atoms with Crippen molar-refractivity contribution in [3.8, 4) is 0 Å². The van der Waals surface area contributed by atoms with Gasteiger partial charge in [-0.3, -0.25) is 4.79 Å². The number of carboxylic acid groups (broad SMARTS) is 1. The van der Waals surface area contributed by atoms with E-state index in [2.05, 4.69) is 5.32 Å². The Balaban J connectivity index is 2.60. The number of aliphatic carboxylic acids is 1. The van der Waals surface area contributed by atoms with Gasteiger partial charge in [0.05, 0.1) is 12.5 Å². The summed E-state index contributed by atoms with van der Waals surface area (Å²) in [4.78, 5) is 22.3. The zero-order chi connectivity index (χ0) is 14.6. The van der Waals surface area contributed by atoms with Crippen LogP contribution in [0.1, 0.15) is 25.7 Å². The van der Waals surface area contributed by atoms with Crippen LogP contribution >= 0.6 is 0 Å². The summed E-state index contributed by atoms with van der Waals surface area (Å²) >= 11 is 0. The molecular formula is C11H16F3NO4. The lowest BCUT2D eigenvalue weighted by molar-refractivity contribution is -0.186. The van der Waals surface area contributed by atoms with E-state index in [0.29, 0.717) is 6.42 Å². The highest BCUT2D eigenvalue weighted by Crippen LogP contribution is 2.39. The Kier molecular flexibility index (Phi) is 5.16. The summed E-state index contributed by atoms with van der Waals surface area (Å²) in [5.41, 5.74) is 0. The van der Waals surface area contributed by atoms with Crippen molar-refractivity contribution in [3.63, 3.8) is 0 Å². The molecule has 1 rings (SSSR count). The molecule has 5 nitrogen and oxygen atoms in total. The fourth-order valence-electron chi connectivity index (χ4n) is 2.20. The van der Waals surface area contributed by atoms with Crippen LogP contribution in [0.4, 0.5) is 13.2 Å². The van der Waals surface area contributed by atoms with Crippen LogP contribution < -0.4 is 5.32 Å². The maximum Gasteiger partial charge on any atom is 0.391 e. The number of amides is 1. The monoisotopic (exact) mass is 283 g/mol. The summed E-state index contributed by atoms with van der Waals surface area (Å²) in [5.74, 6) is -4.53. The highest BCUT2D eigenvalue weighted by molar-refractivity contribution is 5.85. The second kappa shape index (κ2) is 6.23. The third-order valence-electron chi connectivity index (χ3n) is 3.31. The molecule has 0 heterocycles. The van der Waals surface area contributed by atoms with Gasteiger partial charge in [0.25, 0.3) is 0 Å². The van der Waals surface area contributed by atoms with Crippen LogP contribution in [0.5, 0.6) is 0 Å². The number of hydrogen-bond acceptors (Lipinski definition) is 3. The second-order valence-electron chi connectivity index (χ2n) is 4.68. The van der Waals surface area contributed by atoms with Crippen molar-refractivity contribution in [2.24, 2.45) is 11.8 Å². The summed E-state index contributed by atoms with van der Waals surface area (Å²) in [6.45, 7) is -0.795. The molecule has 2 unspecified atom stereocenters. The number of halogens is 3. The molecule has 1 saturated carbocycles. The van der Waals surface area contributed by atoms with Crippen molar-refractivity contribution in [1.29, 1.82) is 0 Å². The lowest BCUT2D eigenvalue weighted by Crippen LogP contribution is -2.47. The number of nitrogens with one attached hydrogen (secondary N) is 1. The van der Waals surface area contributed by atoms with E-state index in [-0.39, 0.29) is 19.3 Å². The van der Waals surface area contributed by atoms with Crippen LogP contribution in [-0.4, -0.2) is 40.9 Å². The van der Waals surface area contributed by atoms with Crippen LogP contribution in [-0.2, 0) is 9.59 Å². The fraction of sp³-hybridized carbons (Fsp3) is 0.818. The first-order valence-corrected chi connectivity index (χ1v) is 5.96. The number of rotatable bonds is 4. The smallest absolute Gasteiger partial charge is 0.391 e. The Bertz CT molecular complexity index is 345. The lowest BCUT2D eigenvalue weighted by Gasteiger charge is -2.30. The van der Waals surface area contributed by atoms with Crippen molar-refractivity contribution in [3.05, 3.63) is 0 Å². The fourth-order valence-corrected chi connectivity index (χ4v) is 2.20. The summed E-state index contributed by atoms with van der Waals surface area (Å²) in [7, 11) is 0. The van der Waals surface area contributed by atoms with Crippen molar-refractivity contribution in [2.45, 2.75) is 37.9 Å². The summed E-state index contributed by atoms with van der Waals surface area (Å²) < 4.78 is 37.7. The number of hydrogen-bond donors (Lipinski definition) is 3. The zero-order valence-corrected chi connectivity index (χ0v) is 10.1. The quantitative estimate of drug-likeness (QED) is 0.716. The SMILES string of the molecule is O=C(N[C@@H](CO)C(=O)O)C1CCCC(C(F)(F)F)C1. The minimum Gasteiger partial charge on any atom is -0.480 e. The van der Waals surface area contributed by atoms with Gasteiger partial charge >= 0.3 is 12.1 Å². The molecule has 1 aliphatic rings. The third kappa shape index (κ3) is 4.38. The summed E-state index contributed by atoms with van der Waals surface area (Å²) in [5, 5.41) is 19.4. The number of carbonyl (C=O) groups is 2. The van der Waals surface area contributed by atoms with Gasteiger partial charge in [-0.05, 0) is 19.3 Å². The molecule has 0 aromatic rings. The summed E-state index contributed by atoms with van der Waals surface area (Å²) in [6, 6.07) is -1.47. The maximum atomic E-state index is 12.6. The molecule has 19 heavy (non-hydrogen) atoms. The van der Waals surface area contributed by atoms with Crippen molar-refractivity contribution < 1.29 is 33.0 Å². The molecule has 8 heteroatoms. The first-order valence-electron chi connectivity index (χ1n) is 5.96. The molecule has 0 aromatic carbocycles. The molecule has 0 saturated heterocycles. The minimum absolute atomic E-state index is 0.00433. The molecule has 3 N–H and O–H groups in total. The van der Waals surface area contributed by atoms with Gasteiger partial charge in [-0.2, -0.15) is 13.2 Å². The van der Waals surface area contributed by atoms with E-state index < -0.39 is 42.5 Å². The molecule has 0 radical (unpaired) electrons. The maximum absolute atomic E-state index is 12.6. The van der Waals surface area contributed by atoms with Gasteiger partial charge < -0.3 is 15.5 Å². The predicted octanol–water partition coefficient (Wildman–Crippen LogP) is 0.917. The number of aliphatic hydroxyl groups excluding tert-OH is 1. The molecular weight excluding hydrogens is 267 g/mol. The van der Waals surface area contributed by atoms with E-state index in [1.165, 1.54) is 0 Å². The minimum atomic E-state index is -4.33. The first kappa shape index (κ1) is 15.7. The van der Waals surface area contributed by atoms with Crippen LogP contribution in [0.3, 0.4) is 0 Å². The number of alkyl halides is 3. The lowest BCUT2D eigenvalue weighted by atomic mass is 9.80. The summed E-state index contributed by atoms with van der Waals surface area (Å²) in [6.07, 6.45) is -4.08. The zero-order valence-electron chi connectivity index (χ0n) is 10.1. The van der Waals surface area contributed by atoms with Crippen LogP contribution in [0, 0.1) is 11.8 Å². The van der Waals surface area contributed by atoms with Crippen molar-refractivity contribution in [1.82, 2.24) is 5.32 Å². The van der Waals surface area contributed by atoms with E-state index >= 15 is 0 Å². The Hall–Kier alpha value is -1.31. The van der Waals surface area contributed by atoms with E-state index in [4.69, 9.17) is 10.2 Å². The number of carboxylic acids is 1. The topological polar surface area (TPSA) is 86.6 Å². The second-order valence-corrected chi connectivity index (χ2v) is 4.68. The number of carbonyl (C=O) groups excluding carboxylic acids is 1. The molecule has 0 spiro atoms. The van der Waals surface area contributed by atoms with Gasteiger partial charge in [-0.25, -0.2) is 4.79 Å². The average Bonchev–Trinajstić information content (AvgIpc) is 2.34. The van der Waals surface area contributed by atoms with Gasteiger partial charge in [0.1, 0.15) is 6.04 Å². The normalized spacial score (nSPS) is 25.7. The van der Waals surface area contributed by atoms with Gasteiger partial charge in [-0.15, -0.1) is 0 Å². The van der Waals surface area contributed by atoms with Crippen LogP contribution in [0.2, 0.25) is 0 Å². The molecule has 110 valence electrons. The molecule has 1 aliphatic carbocycles. The molecule has 3 atom stereocenters. The third-order valence-corrected chi connectivity index (χ3v) is 3.31. The van der Waals surface area contributed by atoms with Gasteiger partial charge in [-0.1, -0.05) is 6.42 Å². The van der Waals surface area contributed by atoms with Gasteiger partial charge in [0.2, 0.25) is 5.91 Å². The standard InChI is InChI=1S/C11H16F3NO4/c12-11(13,14)7-3-1-2-6(4-7)9(17)15-8(5-16)10(18)19/h6-8,16H,1-5H2,(H,15,17)(H,18,19)/t6?,7?,8-/m0/s1. The predicted molar refractivity (Wildman–Crippen MR) is 58.2 cm³/mol. The van der Waals surface area contributed by atoms with E-state index in [1.807, 2.05) is 0 Å². The molecule has 1 amide bonds. The highest BCUT2D eigenvalue weighted by atomic mass is 19.4. The van der Waals surface area contributed by atoms with E-state index in [1.54, 1.807) is 0 Å². The highest BCUT2D eigenvalue weighted by Gasteiger charge is 2.43. The average molecular weight is 283 g/mol. The Labute approximate surface area is 107 Å². The van der Waals surface area contributed by atoms with E-state index in [0.717, 1.165) is 0 Å². The first-order chi connectivity index (χ1) is 8.75. The van der Waals surface area contributed by atoms with E-state index in [9.17, 15) is 22.8 Å². The Morgan fingerprint density at radius 1 is 1.32 bits per heavy atom. The van der Waals surface area contributed by atoms with Crippen molar-refractivity contribution in [2.75, 3.05) is 6.61 Å². The van der Waals surface area contributed by atoms with Gasteiger partial charge in [0.15, 0.2) is 0 Å². The molecule has 0 aromatic heterocycles. The Morgan fingerprint density at radius 3 is 2.42 bits per heavy atom.